The third kappa shape index (κ3) is 4.54. The lowest BCUT2D eigenvalue weighted by Crippen LogP contribution is -2.15. The predicted octanol–water partition coefficient (Wildman–Crippen LogP) is 5.99. The normalized spacial score (nSPS) is 11.5. The van der Waals surface area contributed by atoms with E-state index in [1.165, 1.54) is 23.5 Å². The smallest absolute Gasteiger partial charge is 0.417 e. The number of pyridine rings is 1. The van der Waals surface area contributed by atoms with E-state index in [0.717, 1.165) is 12.1 Å². The van der Waals surface area contributed by atoms with Crippen LogP contribution in [0.5, 0.6) is 11.6 Å². The molecule has 4 rings (SSSR count). The third-order valence-electron chi connectivity index (χ3n) is 4.11. The van der Waals surface area contributed by atoms with Gasteiger partial charge in [-0.3, -0.25) is 4.79 Å². The molecule has 0 atom stereocenters. The number of hydrogen-bond donors (Lipinski definition) is 2. The summed E-state index contributed by atoms with van der Waals surface area (Å²) in [6.07, 6.45) is -4.67. The second kappa shape index (κ2) is 8.05. The number of fused-ring (bicyclic) bond motifs is 1. The van der Waals surface area contributed by atoms with Crippen LogP contribution in [0.25, 0.3) is 10.3 Å². The number of thiazole rings is 1. The zero-order chi connectivity index (χ0) is 22.2. The predicted molar refractivity (Wildman–Crippen MR) is 113 cm³/mol. The van der Waals surface area contributed by atoms with Crippen LogP contribution < -0.4 is 15.8 Å². The maximum atomic E-state index is 13.0. The number of benzene rings is 2. The Balaban J connectivity index is 1.54. The van der Waals surface area contributed by atoms with E-state index in [1.54, 1.807) is 30.3 Å². The van der Waals surface area contributed by atoms with Gasteiger partial charge < -0.3 is 15.8 Å². The van der Waals surface area contributed by atoms with Crippen molar-refractivity contribution < 1.29 is 22.7 Å². The van der Waals surface area contributed by atoms with Crippen LogP contribution in [0.15, 0.2) is 54.6 Å². The molecule has 2 aromatic carbocycles. The molecule has 0 aliphatic rings. The molecule has 0 saturated carbocycles. The molecule has 0 aliphatic heterocycles. The van der Waals surface area contributed by atoms with E-state index in [1.807, 2.05) is 0 Å². The zero-order valence-electron chi connectivity index (χ0n) is 15.4. The van der Waals surface area contributed by atoms with Crippen LogP contribution in [0.4, 0.5) is 24.0 Å². The molecule has 1 amide bonds. The average Bonchev–Trinajstić information content (AvgIpc) is 3.06. The number of carbonyl (C=O) groups excluding carboxylic acids is 1. The first-order valence-corrected chi connectivity index (χ1v) is 9.88. The number of rotatable bonds is 4. The summed E-state index contributed by atoms with van der Waals surface area (Å²) in [5.41, 5.74) is 5.24. The maximum Gasteiger partial charge on any atom is 0.417 e. The number of nitrogens with zero attached hydrogens (tertiary/aromatic N) is 2. The molecular weight excluding hydrogens is 453 g/mol. The Morgan fingerprint density at radius 1 is 1.10 bits per heavy atom. The largest absolute Gasteiger partial charge is 0.439 e. The molecule has 0 aliphatic carbocycles. The van der Waals surface area contributed by atoms with Crippen LogP contribution in [0.1, 0.15) is 15.9 Å². The number of alkyl halides is 3. The van der Waals surface area contributed by atoms with Gasteiger partial charge in [-0.2, -0.15) is 13.2 Å². The van der Waals surface area contributed by atoms with Gasteiger partial charge in [0.25, 0.3) is 5.91 Å². The van der Waals surface area contributed by atoms with Gasteiger partial charge in [-0.1, -0.05) is 35.1 Å². The van der Waals surface area contributed by atoms with E-state index < -0.39 is 22.7 Å². The quantitative estimate of drug-likeness (QED) is 0.387. The molecular formula is C20H12ClF3N4O2S. The van der Waals surface area contributed by atoms with Gasteiger partial charge in [0.15, 0.2) is 5.13 Å². The van der Waals surface area contributed by atoms with Crippen molar-refractivity contribution in [1.82, 2.24) is 9.97 Å². The summed E-state index contributed by atoms with van der Waals surface area (Å²) in [4.78, 5) is 21.5. The van der Waals surface area contributed by atoms with E-state index in [-0.39, 0.29) is 5.56 Å². The summed E-state index contributed by atoms with van der Waals surface area (Å²) in [5, 5.41) is 2.24. The number of nitrogens with two attached hydrogens (primary N) is 1. The first-order valence-electron chi connectivity index (χ1n) is 8.69. The van der Waals surface area contributed by atoms with Crippen molar-refractivity contribution >= 4 is 50.0 Å². The zero-order valence-corrected chi connectivity index (χ0v) is 17.0. The lowest BCUT2D eigenvalue weighted by Gasteiger charge is -2.13. The number of nitrogens with one attached hydrogen (secondary N) is 1. The lowest BCUT2D eigenvalue weighted by atomic mass is 10.1. The van der Waals surface area contributed by atoms with Crippen LogP contribution >= 0.6 is 22.9 Å². The second-order valence-corrected chi connectivity index (χ2v) is 7.66. The molecule has 4 aromatic rings. The van der Waals surface area contributed by atoms with Gasteiger partial charge in [0, 0.05) is 17.8 Å². The van der Waals surface area contributed by atoms with Crippen molar-refractivity contribution in [1.29, 1.82) is 0 Å². The highest BCUT2D eigenvalue weighted by atomic mass is 35.5. The Bertz CT molecular complexity index is 1290. The number of ether oxygens (including phenoxy) is 1. The minimum atomic E-state index is -4.67. The standard InChI is InChI=1S/C20H12ClF3N4O2S/c21-16-12(5-2-6-13(16)20(22,23)24)17(29)26-10-3-1-4-11(9-10)30-15-8-7-14-18(28-15)31-19(25)27-14/h1-9H,(H2,25,27)(H,26,29). The molecule has 2 heterocycles. The Kier molecular flexibility index (Phi) is 5.42. The Labute approximate surface area is 182 Å². The van der Waals surface area contributed by atoms with Crippen molar-refractivity contribution in [2.24, 2.45) is 0 Å². The van der Waals surface area contributed by atoms with Crippen molar-refractivity contribution in [3.05, 3.63) is 70.7 Å². The van der Waals surface area contributed by atoms with Gasteiger partial charge in [0.1, 0.15) is 16.1 Å². The first-order chi connectivity index (χ1) is 14.7. The van der Waals surface area contributed by atoms with E-state index in [2.05, 4.69) is 15.3 Å². The summed E-state index contributed by atoms with van der Waals surface area (Å²) >= 11 is 7.03. The number of aromatic nitrogens is 2. The highest BCUT2D eigenvalue weighted by molar-refractivity contribution is 7.21. The van der Waals surface area contributed by atoms with Crippen LogP contribution in [0.2, 0.25) is 5.02 Å². The van der Waals surface area contributed by atoms with Crippen LogP contribution in [-0.4, -0.2) is 15.9 Å². The average molecular weight is 465 g/mol. The van der Waals surface area contributed by atoms with Crippen LogP contribution in [0.3, 0.4) is 0 Å². The fourth-order valence-corrected chi connectivity index (χ4v) is 3.77. The molecule has 0 spiro atoms. The number of carbonyl (C=O) groups is 1. The SMILES string of the molecule is Nc1nc2ccc(Oc3cccc(NC(=O)c4cccc(C(F)(F)F)c4Cl)c3)nc2s1. The van der Waals surface area contributed by atoms with Gasteiger partial charge in [-0.05, 0) is 30.3 Å². The summed E-state index contributed by atoms with van der Waals surface area (Å²) in [5.74, 6) is -0.134. The molecule has 11 heteroatoms. The van der Waals surface area contributed by atoms with Crippen LogP contribution in [-0.2, 0) is 6.18 Å². The molecule has 0 saturated heterocycles. The number of amides is 1. The van der Waals surface area contributed by atoms with Crippen molar-refractivity contribution in [3.63, 3.8) is 0 Å². The molecule has 0 unspecified atom stereocenters. The fraction of sp³-hybridized carbons (Fsp3) is 0.0500. The van der Waals surface area contributed by atoms with Gasteiger partial charge >= 0.3 is 6.18 Å². The molecule has 6 nitrogen and oxygen atoms in total. The fourth-order valence-electron chi connectivity index (χ4n) is 2.76. The maximum absolute atomic E-state index is 13.0. The van der Waals surface area contributed by atoms with E-state index in [9.17, 15) is 18.0 Å². The van der Waals surface area contributed by atoms with Gasteiger partial charge in [0.2, 0.25) is 5.88 Å². The third-order valence-corrected chi connectivity index (χ3v) is 5.31. The molecule has 2 aromatic heterocycles. The molecule has 0 radical (unpaired) electrons. The van der Waals surface area contributed by atoms with Crippen LogP contribution in [0, 0.1) is 0 Å². The Morgan fingerprint density at radius 3 is 2.65 bits per heavy atom. The minimum Gasteiger partial charge on any atom is -0.439 e. The van der Waals surface area contributed by atoms with Gasteiger partial charge in [-0.25, -0.2) is 9.97 Å². The van der Waals surface area contributed by atoms with E-state index >= 15 is 0 Å². The van der Waals surface area contributed by atoms with E-state index in [4.69, 9.17) is 22.1 Å². The summed E-state index contributed by atoms with van der Waals surface area (Å²) in [6, 6.07) is 12.8. The number of halogens is 4. The summed E-state index contributed by atoms with van der Waals surface area (Å²) in [6.45, 7) is 0. The molecule has 0 fully saturated rings. The Hall–Kier alpha value is -3.37. The Morgan fingerprint density at radius 2 is 1.87 bits per heavy atom. The van der Waals surface area contributed by atoms with Crippen molar-refractivity contribution in [2.75, 3.05) is 11.1 Å². The van der Waals surface area contributed by atoms with Crippen molar-refractivity contribution in [2.45, 2.75) is 6.18 Å². The molecule has 31 heavy (non-hydrogen) atoms. The number of hydrogen-bond acceptors (Lipinski definition) is 6. The summed E-state index contributed by atoms with van der Waals surface area (Å²) in [7, 11) is 0. The highest BCUT2D eigenvalue weighted by Gasteiger charge is 2.34. The molecule has 0 bridgehead atoms. The highest BCUT2D eigenvalue weighted by Crippen LogP contribution is 2.36. The van der Waals surface area contributed by atoms with Crippen molar-refractivity contribution in [3.8, 4) is 11.6 Å². The summed E-state index contributed by atoms with van der Waals surface area (Å²) < 4.78 is 44.8. The molecule has 3 N–H and O–H groups in total. The lowest BCUT2D eigenvalue weighted by molar-refractivity contribution is -0.137. The number of anilines is 2. The topological polar surface area (TPSA) is 90.1 Å². The minimum absolute atomic E-state index is 0.292. The van der Waals surface area contributed by atoms with Gasteiger partial charge in [0.05, 0.1) is 16.1 Å². The molecule has 158 valence electrons. The first kappa shape index (κ1) is 20.9. The second-order valence-electron chi connectivity index (χ2n) is 6.27. The van der Waals surface area contributed by atoms with E-state index in [0.29, 0.717) is 32.8 Å². The monoisotopic (exact) mass is 464 g/mol. The number of nitrogen functional groups attached to an aromatic ring is 1. The van der Waals surface area contributed by atoms with Gasteiger partial charge in [-0.15, -0.1) is 0 Å².